The smallest absolute Gasteiger partial charge is 0.329 e. The second kappa shape index (κ2) is 11.2. The van der Waals surface area contributed by atoms with Crippen LogP contribution < -0.4 is 14.8 Å². The molecule has 0 aromatic heterocycles. The Balaban J connectivity index is 1.69. The van der Waals surface area contributed by atoms with Crippen molar-refractivity contribution in [3.63, 3.8) is 0 Å². The van der Waals surface area contributed by atoms with Gasteiger partial charge >= 0.3 is 5.97 Å². The van der Waals surface area contributed by atoms with Gasteiger partial charge in [-0.05, 0) is 67.3 Å². The van der Waals surface area contributed by atoms with Gasteiger partial charge in [-0.3, -0.25) is 4.79 Å². The van der Waals surface area contributed by atoms with E-state index in [4.69, 9.17) is 14.6 Å². The fourth-order valence-corrected chi connectivity index (χ4v) is 4.22. The molecule has 2 aromatic rings. The molecule has 3 N–H and O–H groups in total. The summed E-state index contributed by atoms with van der Waals surface area (Å²) in [6.07, 6.45) is 3.63. The first-order valence-electron chi connectivity index (χ1n) is 11.4. The van der Waals surface area contributed by atoms with Crippen molar-refractivity contribution in [3.8, 4) is 11.5 Å². The van der Waals surface area contributed by atoms with Crippen molar-refractivity contribution in [1.82, 2.24) is 5.32 Å². The molecular weight excluding hydrogens is 422 g/mol. The summed E-state index contributed by atoms with van der Waals surface area (Å²) in [6.45, 7) is 2.58. The Bertz CT molecular complexity index is 965. The summed E-state index contributed by atoms with van der Waals surface area (Å²) < 4.78 is 11.3. The van der Waals surface area contributed by atoms with E-state index in [9.17, 15) is 14.7 Å². The molecule has 33 heavy (non-hydrogen) atoms. The average molecular weight is 456 g/mol. The number of carbonyl (C=O) groups excluding carboxylic acids is 1. The highest BCUT2D eigenvalue weighted by molar-refractivity contribution is 5.98. The summed E-state index contributed by atoms with van der Waals surface area (Å²) >= 11 is 0. The normalized spacial score (nSPS) is 20.2. The molecule has 0 aliphatic heterocycles. The van der Waals surface area contributed by atoms with Gasteiger partial charge in [0.1, 0.15) is 5.54 Å². The number of methoxy groups -OCH3 is 1. The van der Waals surface area contributed by atoms with E-state index in [1.165, 1.54) is 7.11 Å². The van der Waals surface area contributed by atoms with Crippen LogP contribution in [-0.4, -0.2) is 48.0 Å². The molecule has 1 aliphatic carbocycles. The van der Waals surface area contributed by atoms with E-state index in [-0.39, 0.29) is 6.61 Å². The summed E-state index contributed by atoms with van der Waals surface area (Å²) in [5.74, 6) is -0.0367. The minimum Gasteiger partial charge on any atom is -0.493 e. The molecular formula is C26H33NO6. The zero-order chi connectivity index (χ0) is 23.8. The molecule has 3 rings (SSSR count). The molecule has 2 aromatic carbocycles. The number of carbonyl (C=O) groups is 2. The molecule has 1 amide bonds. The van der Waals surface area contributed by atoms with Crippen LogP contribution in [0, 0.1) is 5.92 Å². The van der Waals surface area contributed by atoms with E-state index in [1.807, 2.05) is 24.3 Å². The maximum atomic E-state index is 13.0. The van der Waals surface area contributed by atoms with Crippen molar-refractivity contribution in [2.24, 2.45) is 5.92 Å². The van der Waals surface area contributed by atoms with E-state index in [0.717, 1.165) is 24.0 Å². The molecule has 0 atom stereocenters. The Hall–Kier alpha value is -3.06. The SMILES string of the molecule is COc1ccc(C(=O)N[C@]2(C(=O)O)CC[C@@H](C)CC2)cc1OCCc1cccc(CCO)c1. The maximum absolute atomic E-state index is 13.0. The predicted molar refractivity (Wildman–Crippen MR) is 125 cm³/mol. The van der Waals surface area contributed by atoms with Crippen LogP contribution in [0.2, 0.25) is 0 Å². The van der Waals surface area contributed by atoms with Crippen molar-refractivity contribution in [2.75, 3.05) is 20.3 Å². The third-order valence-corrected chi connectivity index (χ3v) is 6.36. The molecule has 178 valence electrons. The van der Waals surface area contributed by atoms with Crippen molar-refractivity contribution in [1.29, 1.82) is 0 Å². The highest BCUT2D eigenvalue weighted by Gasteiger charge is 2.42. The highest BCUT2D eigenvalue weighted by Crippen LogP contribution is 2.33. The van der Waals surface area contributed by atoms with E-state index in [1.54, 1.807) is 18.2 Å². The van der Waals surface area contributed by atoms with Gasteiger partial charge < -0.3 is 25.0 Å². The number of hydrogen-bond acceptors (Lipinski definition) is 5. The second-order valence-electron chi connectivity index (χ2n) is 8.78. The maximum Gasteiger partial charge on any atom is 0.329 e. The van der Waals surface area contributed by atoms with Crippen LogP contribution in [0.25, 0.3) is 0 Å². The number of rotatable bonds is 10. The van der Waals surface area contributed by atoms with Gasteiger partial charge in [0.25, 0.3) is 5.91 Å². The highest BCUT2D eigenvalue weighted by atomic mass is 16.5. The van der Waals surface area contributed by atoms with Crippen LogP contribution in [0.4, 0.5) is 0 Å². The predicted octanol–water partition coefficient (Wildman–Crippen LogP) is 3.61. The molecule has 1 fully saturated rings. The van der Waals surface area contributed by atoms with Crippen LogP contribution in [-0.2, 0) is 17.6 Å². The number of ether oxygens (including phenoxy) is 2. The van der Waals surface area contributed by atoms with Gasteiger partial charge in [-0.1, -0.05) is 31.2 Å². The second-order valence-corrected chi connectivity index (χ2v) is 8.78. The standard InChI is InChI=1S/C26H33NO6/c1-18-8-12-26(13-9-18,25(30)31)27-24(29)21-6-7-22(32-2)23(17-21)33-15-11-20-5-3-4-19(16-20)10-14-28/h3-7,16-18,28H,8-15H2,1-2H3,(H,27,29)(H,30,31)/t18-,26-. The van der Waals surface area contributed by atoms with E-state index in [2.05, 4.69) is 12.2 Å². The van der Waals surface area contributed by atoms with E-state index in [0.29, 0.717) is 55.3 Å². The van der Waals surface area contributed by atoms with Gasteiger partial charge in [-0.15, -0.1) is 0 Å². The fourth-order valence-electron chi connectivity index (χ4n) is 4.22. The third kappa shape index (κ3) is 6.26. The largest absolute Gasteiger partial charge is 0.493 e. The molecule has 0 bridgehead atoms. The van der Waals surface area contributed by atoms with Gasteiger partial charge in [0.15, 0.2) is 11.5 Å². The van der Waals surface area contributed by atoms with Crippen LogP contribution in [0.5, 0.6) is 11.5 Å². The molecule has 0 heterocycles. The number of aliphatic hydroxyl groups is 1. The Morgan fingerprint density at radius 2 is 1.76 bits per heavy atom. The molecule has 7 nitrogen and oxygen atoms in total. The zero-order valence-electron chi connectivity index (χ0n) is 19.3. The fraction of sp³-hybridized carbons (Fsp3) is 0.462. The lowest BCUT2D eigenvalue weighted by Gasteiger charge is -2.36. The average Bonchev–Trinajstić information content (AvgIpc) is 2.81. The molecule has 0 spiro atoms. The minimum absolute atomic E-state index is 0.105. The minimum atomic E-state index is -1.23. The summed E-state index contributed by atoms with van der Waals surface area (Å²) in [7, 11) is 1.53. The van der Waals surface area contributed by atoms with Crippen LogP contribution in [0.3, 0.4) is 0 Å². The van der Waals surface area contributed by atoms with Crippen LogP contribution in [0.1, 0.15) is 54.1 Å². The summed E-state index contributed by atoms with van der Waals surface area (Å²) in [6, 6.07) is 12.8. The quantitative estimate of drug-likeness (QED) is 0.505. The van der Waals surface area contributed by atoms with Gasteiger partial charge in [-0.25, -0.2) is 4.79 Å². The molecule has 0 unspecified atom stereocenters. The molecule has 7 heteroatoms. The van der Waals surface area contributed by atoms with Crippen molar-refractivity contribution < 1.29 is 29.3 Å². The lowest BCUT2D eigenvalue weighted by molar-refractivity contribution is -0.146. The molecule has 1 aliphatic rings. The molecule has 0 saturated heterocycles. The number of amides is 1. The molecule has 1 saturated carbocycles. The summed E-state index contributed by atoms with van der Waals surface area (Å²) in [5.41, 5.74) is 1.25. The number of benzene rings is 2. The number of carboxylic acids is 1. The monoisotopic (exact) mass is 455 g/mol. The molecule has 0 radical (unpaired) electrons. The van der Waals surface area contributed by atoms with Crippen molar-refractivity contribution >= 4 is 11.9 Å². The lowest BCUT2D eigenvalue weighted by atomic mass is 9.77. The Labute approximate surface area is 194 Å². The number of nitrogens with one attached hydrogen (secondary N) is 1. The summed E-state index contributed by atoms with van der Waals surface area (Å²) in [5, 5.41) is 21.7. The number of aliphatic hydroxyl groups excluding tert-OH is 1. The first-order chi connectivity index (χ1) is 15.9. The van der Waals surface area contributed by atoms with Gasteiger partial charge in [0.2, 0.25) is 0 Å². The topological polar surface area (TPSA) is 105 Å². The number of hydrogen-bond donors (Lipinski definition) is 3. The Morgan fingerprint density at radius 3 is 2.39 bits per heavy atom. The first-order valence-corrected chi connectivity index (χ1v) is 11.4. The zero-order valence-corrected chi connectivity index (χ0v) is 19.3. The number of aliphatic carboxylic acids is 1. The lowest BCUT2D eigenvalue weighted by Crippen LogP contribution is -2.56. The van der Waals surface area contributed by atoms with Crippen LogP contribution in [0.15, 0.2) is 42.5 Å². The Morgan fingerprint density at radius 1 is 1.06 bits per heavy atom. The van der Waals surface area contributed by atoms with Crippen molar-refractivity contribution in [2.45, 2.75) is 51.0 Å². The van der Waals surface area contributed by atoms with Crippen LogP contribution >= 0.6 is 0 Å². The third-order valence-electron chi connectivity index (χ3n) is 6.36. The van der Waals surface area contributed by atoms with E-state index >= 15 is 0 Å². The van der Waals surface area contributed by atoms with E-state index < -0.39 is 17.4 Å². The van der Waals surface area contributed by atoms with Gasteiger partial charge in [0, 0.05) is 18.6 Å². The van der Waals surface area contributed by atoms with Gasteiger partial charge in [-0.2, -0.15) is 0 Å². The van der Waals surface area contributed by atoms with Gasteiger partial charge in [0.05, 0.1) is 13.7 Å². The first kappa shape index (κ1) is 24.6. The number of carboxylic acid groups (broad SMARTS) is 1. The Kier molecular flexibility index (Phi) is 8.33. The summed E-state index contributed by atoms with van der Waals surface area (Å²) in [4.78, 5) is 24.9. The van der Waals surface area contributed by atoms with Crippen molar-refractivity contribution in [3.05, 3.63) is 59.2 Å².